The van der Waals surface area contributed by atoms with E-state index in [2.05, 4.69) is 21.3 Å². The molecule has 4 amide bonds. The molecule has 8 aromatic rings. The number of hydrogen-bond donors (Lipinski definition) is 4. The first kappa shape index (κ1) is 46.6. The van der Waals surface area contributed by atoms with Crippen LogP contribution in [0, 0.1) is 5.41 Å². The SMILES string of the molecule is O=C(NCc1ccco1)c1ccccc1OCC(COc1ccccc1C(=O)NCc1ccco1)(COc1ccccc1C(=O)NCc1ccco1)COc1ccccc1C(=O)NCc1ccco1. The molecule has 8 rings (SSSR count). The van der Waals surface area contributed by atoms with Gasteiger partial charge in [0.05, 0.1) is 73.5 Å². The molecule has 0 saturated heterocycles. The topological polar surface area (TPSA) is 206 Å². The monoisotopic (exact) mass is 932 g/mol. The van der Waals surface area contributed by atoms with Gasteiger partial charge in [0, 0.05) is 0 Å². The van der Waals surface area contributed by atoms with Crippen molar-refractivity contribution in [3.05, 3.63) is 216 Å². The predicted octanol–water partition coefficient (Wildman–Crippen LogP) is 8.38. The van der Waals surface area contributed by atoms with Crippen molar-refractivity contribution < 1.29 is 55.8 Å². The minimum Gasteiger partial charge on any atom is -0.492 e. The summed E-state index contributed by atoms with van der Waals surface area (Å²) in [5.41, 5.74) is -0.411. The molecule has 0 unspecified atom stereocenters. The Morgan fingerprint density at radius 3 is 0.783 bits per heavy atom. The van der Waals surface area contributed by atoms with Gasteiger partial charge in [-0.05, 0) is 97.1 Å². The van der Waals surface area contributed by atoms with E-state index < -0.39 is 29.0 Å². The van der Waals surface area contributed by atoms with Gasteiger partial charge in [-0.1, -0.05) is 48.5 Å². The van der Waals surface area contributed by atoms with Crippen molar-refractivity contribution in [3.8, 4) is 23.0 Å². The van der Waals surface area contributed by atoms with Crippen LogP contribution in [0.2, 0.25) is 0 Å². The highest BCUT2D eigenvalue weighted by molar-refractivity contribution is 5.98. The molecule has 16 heteroatoms. The normalized spacial score (nSPS) is 11.0. The number of carbonyl (C=O) groups is 4. The molecule has 0 aliphatic carbocycles. The number of carbonyl (C=O) groups excluding carboxylic acids is 4. The number of para-hydroxylation sites is 4. The fourth-order valence-electron chi connectivity index (χ4n) is 7.00. The van der Waals surface area contributed by atoms with Crippen molar-refractivity contribution in [2.24, 2.45) is 5.41 Å². The molecule has 0 spiro atoms. The number of nitrogens with one attached hydrogen (secondary N) is 4. The van der Waals surface area contributed by atoms with Crippen molar-refractivity contribution in [2.75, 3.05) is 26.4 Å². The van der Waals surface area contributed by atoms with E-state index in [0.29, 0.717) is 23.0 Å². The Morgan fingerprint density at radius 1 is 0.333 bits per heavy atom. The highest BCUT2D eigenvalue weighted by Crippen LogP contribution is 2.31. The lowest BCUT2D eigenvalue weighted by atomic mass is 9.91. The van der Waals surface area contributed by atoms with Crippen LogP contribution in [0.3, 0.4) is 0 Å². The van der Waals surface area contributed by atoms with Gasteiger partial charge in [0.1, 0.15) is 77.9 Å². The van der Waals surface area contributed by atoms with E-state index in [1.165, 1.54) is 25.1 Å². The maximum absolute atomic E-state index is 13.7. The van der Waals surface area contributed by atoms with Gasteiger partial charge in [0.25, 0.3) is 23.6 Å². The van der Waals surface area contributed by atoms with Crippen molar-refractivity contribution in [1.29, 1.82) is 0 Å². The highest BCUT2D eigenvalue weighted by Gasteiger charge is 2.37. The molecule has 4 heterocycles. The largest absolute Gasteiger partial charge is 0.492 e. The van der Waals surface area contributed by atoms with Gasteiger partial charge in [-0.25, -0.2) is 0 Å². The second kappa shape index (κ2) is 23.0. The van der Waals surface area contributed by atoms with Crippen LogP contribution in [0.5, 0.6) is 23.0 Å². The van der Waals surface area contributed by atoms with Gasteiger partial charge < -0.3 is 57.9 Å². The lowest BCUT2D eigenvalue weighted by Crippen LogP contribution is -2.46. The molecule has 0 fully saturated rings. The van der Waals surface area contributed by atoms with Gasteiger partial charge in [0.15, 0.2) is 0 Å². The Bertz CT molecular complexity index is 2500. The zero-order valence-electron chi connectivity index (χ0n) is 37.2. The van der Waals surface area contributed by atoms with Gasteiger partial charge >= 0.3 is 0 Å². The van der Waals surface area contributed by atoms with E-state index >= 15 is 0 Å². The Kier molecular flexibility index (Phi) is 15.5. The molecule has 352 valence electrons. The first-order chi connectivity index (χ1) is 33.8. The van der Waals surface area contributed by atoms with Crippen LogP contribution in [-0.4, -0.2) is 50.1 Å². The van der Waals surface area contributed by atoms with Crippen LogP contribution in [0.4, 0.5) is 0 Å². The Hall–Kier alpha value is -8.92. The summed E-state index contributed by atoms with van der Waals surface area (Å²) in [6.45, 7) is -0.337. The van der Waals surface area contributed by atoms with Crippen LogP contribution < -0.4 is 40.2 Å². The van der Waals surface area contributed by atoms with E-state index in [4.69, 9.17) is 36.6 Å². The Labute approximate surface area is 396 Å². The fraction of sp³-hybridized carbons (Fsp3) is 0.170. The van der Waals surface area contributed by atoms with E-state index in [0.717, 1.165) is 0 Å². The van der Waals surface area contributed by atoms with E-state index in [1.807, 2.05) is 0 Å². The smallest absolute Gasteiger partial charge is 0.255 e. The molecule has 4 N–H and O–H groups in total. The zero-order chi connectivity index (χ0) is 47.7. The molecular formula is C53H48N4O12. The average molecular weight is 933 g/mol. The van der Waals surface area contributed by atoms with E-state index in [9.17, 15) is 19.2 Å². The second-order valence-electron chi connectivity index (χ2n) is 15.7. The number of benzene rings is 4. The molecule has 0 bridgehead atoms. The number of rotatable bonds is 24. The van der Waals surface area contributed by atoms with Crippen LogP contribution >= 0.6 is 0 Å². The molecule has 0 atom stereocenters. The summed E-state index contributed by atoms with van der Waals surface area (Å²) >= 11 is 0. The number of amides is 4. The van der Waals surface area contributed by atoms with Gasteiger partial charge in [-0.3, -0.25) is 19.2 Å². The van der Waals surface area contributed by atoms with Crippen LogP contribution in [0.25, 0.3) is 0 Å². The van der Waals surface area contributed by atoms with Crippen LogP contribution in [0.15, 0.2) is 188 Å². The maximum atomic E-state index is 13.7. The first-order valence-corrected chi connectivity index (χ1v) is 21.9. The summed E-state index contributed by atoms with van der Waals surface area (Å²) in [5.74, 6) is 1.48. The Morgan fingerprint density at radius 2 is 0.565 bits per heavy atom. The van der Waals surface area contributed by atoms with Crippen LogP contribution in [0.1, 0.15) is 64.5 Å². The minimum atomic E-state index is -1.34. The third-order valence-electron chi connectivity index (χ3n) is 10.7. The molecule has 4 aromatic heterocycles. The lowest BCUT2D eigenvalue weighted by molar-refractivity contribution is -0.00418. The molecule has 16 nitrogen and oxygen atoms in total. The summed E-state index contributed by atoms with van der Waals surface area (Å²) in [6, 6.07) is 40.9. The quantitative estimate of drug-likeness (QED) is 0.0451. The first-order valence-electron chi connectivity index (χ1n) is 21.9. The number of ether oxygens (including phenoxy) is 4. The van der Waals surface area contributed by atoms with Crippen molar-refractivity contribution >= 4 is 23.6 Å². The van der Waals surface area contributed by atoms with E-state index in [-0.39, 0.29) is 97.9 Å². The van der Waals surface area contributed by atoms with Gasteiger partial charge in [-0.15, -0.1) is 0 Å². The molecule has 0 aliphatic heterocycles. The van der Waals surface area contributed by atoms with Crippen LogP contribution in [-0.2, 0) is 26.2 Å². The Balaban J connectivity index is 1.12. The summed E-state index contributed by atoms with van der Waals surface area (Å²) in [5, 5.41) is 11.5. The van der Waals surface area contributed by atoms with Gasteiger partial charge in [-0.2, -0.15) is 0 Å². The maximum Gasteiger partial charge on any atom is 0.255 e. The highest BCUT2D eigenvalue weighted by atomic mass is 16.5. The molecule has 0 aliphatic rings. The van der Waals surface area contributed by atoms with Crippen molar-refractivity contribution in [3.63, 3.8) is 0 Å². The third kappa shape index (κ3) is 12.7. The third-order valence-corrected chi connectivity index (χ3v) is 10.7. The lowest BCUT2D eigenvalue weighted by Gasteiger charge is -2.34. The molecule has 69 heavy (non-hydrogen) atoms. The minimum absolute atomic E-state index is 0.136. The van der Waals surface area contributed by atoms with E-state index in [1.54, 1.807) is 146 Å². The second-order valence-corrected chi connectivity index (χ2v) is 15.7. The summed E-state index contributed by atoms with van der Waals surface area (Å²) in [7, 11) is 0. The standard InChI is InChI=1S/C53H48N4O12/c58-49(54-29-37-13-9-25-62-37)41-17-1-5-21-45(41)66-33-53(34-67-46-22-6-2-18-42(46)50(59)55-30-38-14-10-26-63-38,35-68-47-23-7-3-19-43(47)51(60)56-31-39-15-11-27-64-39)36-69-48-24-8-4-20-44(48)52(61)57-32-40-16-12-28-65-40/h1-28H,29-36H2,(H,54,58)(H,55,59)(H,56,60)(H,57,61). The van der Waals surface area contributed by atoms with Crippen molar-refractivity contribution in [1.82, 2.24) is 21.3 Å². The zero-order valence-corrected chi connectivity index (χ0v) is 37.2. The summed E-state index contributed by atoms with van der Waals surface area (Å²) < 4.78 is 48.1. The van der Waals surface area contributed by atoms with Crippen molar-refractivity contribution in [2.45, 2.75) is 26.2 Å². The fourth-order valence-corrected chi connectivity index (χ4v) is 7.00. The van der Waals surface area contributed by atoms with Gasteiger partial charge in [0.2, 0.25) is 0 Å². The molecule has 4 aromatic carbocycles. The predicted molar refractivity (Wildman–Crippen MR) is 250 cm³/mol. The molecular weight excluding hydrogens is 885 g/mol. The summed E-state index contributed by atoms with van der Waals surface area (Å²) in [6.07, 6.45) is 6.09. The average Bonchev–Trinajstić information content (AvgIpc) is 4.26. The summed E-state index contributed by atoms with van der Waals surface area (Å²) in [4.78, 5) is 54.7. The number of furan rings is 4. The molecule has 0 radical (unpaired) electrons. The molecule has 0 saturated carbocycles. The number of hydrogen-bond acceptors (Lipinski definition) is 12.